The Kier molecular flexibility index (Phi) is 3.75. The normalized spacial score (nSPS) is 28.1. The molecule has 1 saturated heterocycles. The fourth-order valence-corrected chi connectivity index (χ4v) is 2.92. The number of nitrogens with zero attached hydrogens (tertiary/aromatic N) is 2. The Morgan fingerprint density at radius 2 is 1.52 bits per heavy atom. The highest BCUT2D eigenvalue weighted by molar-refractivity contribution is 5.83. The summed E-state index contributed by atoms with van der Waals surface area (Å²) in [5, 5.41) is 0. The largest absolute Gasteiger partial charge is 0.444 e. The van der Waals surface area contributed by atoms with Crippen LogP contribution in [0, 0.1) is 17.8 Å². The minimum Gasteiger partial charge on any atom is -0.444 e. The SMILES string of the molecule is CN(C(=O)C1[C@H]2CN(C(=O)OC(C)(C)C)C[C@@H]12)C(C)(C)C. The van der Waals surface area contributed by atoms with Crippen LogP contribution in [0.2, 0.25) is 0 Å². The van der Waals surface area contributed by atoms with E-state index in [1.807, 2.05) is 53.5 Å². The van der Waals surface area contributed by atoms with Gasteiger partial charge < -0.3 is 14.5 Å². The maximum absolute atomic E-state index is 12.5. The van der Waals surface area contributed by atoms with Crippen molar-refractivity contribution >= 4 is 12.0 Å². The maximum Gasteiger partial charge on any atom is 0.410 e. The molecule has 2 rings (SSSR count). The summed E-state index contributed by atoms with van der Waals surface area (Å²) < 4.78 is 5.38. The van der Waals surface area contributed by atoms with Crippen LogP contribution in [0.5, 0.6) is 0 Å². The van der Waals surface area contributed by atoms with Gasteiger partial charge in [0.05, 0.1) is 0 Å². The zero-order valence-electron chi connectivity index (χ0n) is 14.3. The molecule has 0 aromatic heterocycles. The van der Waals surface area contributed by atoms with E-state index < -0.39 is 5.60 Å². The Bertz CT molecular complexity index is 435. The van der Waals surface area contributed by atoms with Crippen molar-refractivity contribution in [3.8, 4) is 0 Å². The first-order valence-corrected chi connectivity index (χ1v) is 7.67. The van der Waals surface area contributed by atoms with Gasteiger partial charge in [-0.15, -0.1) is 0 Å². The molecule has 0 radical (unpaired) electrons. The van der Waals surface area contributed by atoms with Gasteiger partial charge in [-0.25, -0.2) is 4.79 Å². The van der Waals surface area contributed by atoms with Crippen LogP contribution in [0.4, 0.5) is 4.79 Å². The van der Waals surface area contributed by atoms with Crippen molar-refractivity contribution in [2.24, 2.45) is 17.8 Å². The van der Waals surface area contributed by atoms with Crippen LogP contribution in [0.3, 0.4) is 0 Å². The van der Waals surface area contributed by atoms with Gasteiger partial charge >= 0.3 is 6.09 Å². The highest BCUT2D eigenvalue weighted by Crippen LogP contribution is 2.53. The highest BCUT2D eigenvalue weighted by Gasteiger charge is 2.61. The molecule has 0 aromatic carbocycles. The molecule has 2 fully saturated rings. The van der Waals surface area contributed by atoms with E-state index in [4.69, 9.17) is 4.74 Å². The fraction of sp³-hybridized carbons (Fsp3) is 0.875. The van der Waals surface area contributed by atoms with Gasteiger partial charge in [0.1, 0.15) is 5.60 Å². The highest BCUT2D eigenvalue weighted by atomic mass is 16.6. The van der Waals surface area contributed by atoms with Crippen LogP contribution < -0.4 is 0 Å². The molecule has 5 heteroatoms. The lowest BCUT2D eigenvalue weighted by atomic mass is 10.1. The standard InChI is InChI=1S/C16H28N2O3/c1-15(2,3)17(7)13(19)12-10-8-18(9-11(10)12)14(20)21-16(4,5)6/h10-12H,8-9H2,1-7H3/t10-,11+,12?. The van der Waals surface area contributed by atoms with E-state index >= 15 is 0 Å². The number of piperidine rings is 1. The summed E-state index contributed by atoms with van der Waals surface area (Å²) in [5.41, 5.74) is -0.621. The molecule has 1 aliphatic heterocycles. The number of hydrogen-bond donors (Lipinski definition) is 0. The third-order valence-corrected chi connectivity index (χ3v) is 4.47. The van der Waals surface area contributed by atoms with Gasteiger partial charge in [-0.3, -0.25) is 4.79 Å². The van der Waals surface area contributed by atoms with E-state index in [0.717, 1.165) is 0 Å². The second-order valence-electron chi connectivity index (χ2n) is 8.31. The molecule has 1 saturated carbocycles. The van der Waals surface area contributed by atoms with Crippen molar-refractivity contribution in [2.75, 3.05) is 20.1 Å². The van der Waals surface area contributed by atoms with Gasteiger partial charge in [-0.2, -0.15) is 0 Å². The minimum absolute atomic E-state index is 0.0907. The summed E-state index contributed by atoms with van der Waals surface area (Å²) in [7, 11) is 1.86. The second kappa shape index (κ2) is 4.89. The Morgan fingerprint density at radius 3 is 1.90 bits per heavy atom. The van der Waals surface area contributed by atoms with E-state index in [9.17, 15) is 9.59 Å². The van der Waals surface area contributed by atoms with Gasteiger partial charge in [0.25, 0.3) is 0 Å². The number of likely N-dealkylation sites (tertiary alicyclic amines) is 1. The number of fused-ring (bicyclic) bond motifs is 1. The summed E-state index contributed by atoms with van der Waals surface area (Å²) >= 11 is 0. The molecule has 1 heterocycles. The first-order chi connectivity index (χ1) is 9.42. The van der Waals surface area contributed by atoms with E-state index in [0.29, 0.717) is 24.9 Å². The van der Waals surface area contributed by atoms with Gasteiger partial charge in [0.2, 0.25) is 5.91 Å². The molecule has 3 atom stereocenters. The van der Waals surface area contributed by atoms with Crippen molar-refractivity contribution in [1.29, 1.82) is 0 Å². The lowest BCUT2D eigenvalue weighted by Crippen LogP contribution is -2.45. The lowest BCUT2D eigenvalue weighted by Gasteiger charge is -2.33. The quantitative estimate of drug-likeness (QED) is 0.746. The number of hydrogen-bond acceptors (Lipinski definition) is 3. The molecule has 0 bridgehead atoms. The zero-order chi connectivity index (χ0) is 16.2. The summed E-state index contributed by atoms with van der Waals surface area (Å²) in [6, 6.07) is 0. The number of rotatable bonds is 1. The molecule has 2 aliphatic rings. The molecule has 0 N–H and O–H groups in total. The molecule has 1 aliphatic carbocycles. The van der Waals surface area contributed by atoms with Crippen LogP contribution in [-0.2, 0) is 9.53 Å². The maximum atomic E-state index is 12.5. The Balaban J connectivity index is 1.88. The molecular weight excluding hydrogens is 268 g/mol. The third-order valence-electron chi connectivity index (χ3n) is 4.47. The number of amides is 2. The Hall–Kier alpha value is -1.26. The van der Waals surface area contributed by atoms with Crippen molar-refractivity contribution in [2.45, 2.75) is 52.7 Å². The molecule has 0 spiro atoms. The predicted octanol–water partition coefficient (Wildman–Crippen LogP) is 2.36. The zero-order valence-corrected chi connectivity index (χ0v) is 14.3. The molecule has 1 unspecified atom stereocenters. The molecule has 5 nitrogen and oxygen atoms in total. The van der Waals surface area contributed by atoms with Crippen LogP contribution in [0.15, 0.2) is 0 Å². The van der Waals surface area contributed by atoms with E-state index in [2.05, 4.69) is 0 Å². The van der Waals surface area contributed by atoms with Crippen molar-refractivity contribution in [3.05, 3.63) is 0 Å². The summed E-state index contributed by atoms with van der Waals surface area (Å²) in [6.07, 6.45) is -0.259. The Labute approximate surface area is 127 Å². The summed E-state index contributed by atoms with van der Waals surface area (Å²) in [5.74, 6) is 0.930. The first-order valence-electron chi connectivity index (χ1n) is 7.67. The molecule has 0 aromatic rings. The van der Waals surface area contributed by atoms with Gasteiger partial charge in [0.15, 0.2) is 0 Å². The third kappa shape index (κ3) is 3.33. The number of carbonyl (C=O) groups is 2. The van der Waals surface area contributed by atoms with Crippen LogP contribution >= 0.6 is 0 Å². The molecule has 2 amide bonds. The van der Waals surface area contributed by atoms with Gasteiger partial charge in [0, 0.05) is 31.6 Å². The van der Waals surface area contributed by atoms with Crippen LogP contribution in [0.1, 0.15) is 41.5 Å². The van der Waals surface area contributed by atoms with Crippen LogP contribution in [-0.4, -0.2) is 53.1 Å². The van der Waals surface area contributed by atoms with E-state index in [1.165, 1.54) is 0 Å². The van der Waals surface area contributed by atoms with Crippen molar-refractivity contribution in [3.63, 3.8) is 0 Å². The fourth-order valence-electron chi connectivity index (χ4n) is 2.92. The number of carbonyl (C=O) groups excluding carboxylic acids is 2. The predicted molar refractivity (Wildman–Crippen MR) is 80.8 cm³/mol. The molecule has 120 valence electrons. The van der Waals surface area contributed by atoms with Gasteiger partial charge in [-0.1, -0.05) is 0 Å². The van der Waals surface area contributed by atoms with Gasteiger partial charge in [-0.05, 0) is 53.4 Å². The second-order valence-corrected chi connectivity index (χ2v) is 8.31. The summed E-state index contributed by atoms with van der Waals surface area (Å²) in [6.45, 7) is 13.0. The smallest absolute Gasteiger partial charge is 0.410 e. The first kappa shape index (κ1) is 16.1. The monoisotopic (exact) mass is 296 g/mol. The average Bonchev–Trinajstić information content (AvgIpc) is 2.77. The Morgan fingerprint density at radius 1 is 1.05 bits per heavy atom. The average molecular weight is 296 g/mol. The topological polar surface area (TPSA) is 49.9 Å². The molecular formula is C16H28N2O3. The van der Waals surface area contributed by atoms with Crippen molar-refractivity contribution < 1.29 is 14.3 Å². The van der Waals surface area contributed by atoms with E-state index in [1.54, 1.807) is 4.90 Å². The van der Waals surface area contributed by atoms with Crippen molar-refractivity contribution in [1.82, 2.24) is 9.80 Å². The van der Waals surface area contributed by atoms with E-state index in [-0.39, 0.29) is 23.5 Å². The summed E-state index contributed by atoms with van der Waals surface area (Å²) in [4.78, 5) is 28.0. The molecule has 21 heavy (non-hydrogen) atoms. The minimum atomic E-state index is -0.467. The van der Waals surface area contributed by atoms with Crippen LogP contribution in [0.25, 0.3) is 0 Å². The lowest BCUT2D eigenvalue weighted by molar-refractivity contribution is -0.136. The number of ether oxygens (including phenoxy) is 1.